The molecule has 6 nitrogen and oxygen atoms in total. The lowest BCUT2D eigenvalue weighted by molar-refractivity contribution is -0.124. The molecule has 2 aromatic rings. The Labute approximate surface area is 164 Å². The predicted octanol–water partition coefficient (Wildman–Crippen LogP) is 3.59. The Kier molecular flexibility index (Phi) is 7.29. The van der Waals surface area contributed by atoms with Gasteiger partial charge in [-0.2, -0.15) is 0 Å². The number of carbonyl (C=O) groups is 2. The van der Waals surface area contributed by atoms with Crippen LogP contribution in [0.3, 0.4) is 0 Å². The third kappa shape index (κ3) is 5.37. The first-order valence-electron chi connectivity index (χ1n) is 7.54. The number of nitrogens with one attached hydrogen (secondary N) is 1. The molecule has 0 saturated carbocycles. The zero-order chi connectivity index (χ0) is 19.1. The maximum absolute atomic E-state index is 12.0. The Morgan fingerprint density at radius 2 is 1.81 bits per heavy atom. The van der Waals surface area contributed by atoms with Crippen LogP contribution in [-0.2, 0) is 16.1 Å². The number of hydrogen-bond donors (Lipinski definition) is 1. The highest BCUT2D eigenvalue weighted by molar-refractivity contribution is 9.10. The first-order valence-corrected chi connectivity index (χ1v) is 8.71. The van der Waals surface area contributed by atoms with Crippen LogP contribution >= 0.6 is 27.5 Å². The number of ether oxygens (including phenoxy) is 3. The van der Waals surface area contributed by atoms with Crippen LogP contribution in [-0.4, -0.2) is 32.7 Å². The fourth-order valence-corrected chi connectivity index (χ4v) is 2.66. The van der Waals surface area contributed by atoms with Crippen molar-refractivity contribution in [2.24, 2.45) is 0 Å². The SMILES string of the molecule is COc1ccc(CNC(=O)COC(=O)c2cc(Br)ccc2Cl)cc1OC. The van der Waals surface area contributed by atoms with Crippen LogP contribution in [0.15, 0.2) is 40.9 Å². The lowest BCUT2D eigenvalue weighted by Gasteiger charge is -2.11. The van der Waals surface area contributed by atoms with E-state index in [4.69, 9.17) is 25.8 Å². The zero-order valence-corrected chi connectivity index (χ0v) is 16.5. The smallest absolute Gasteiger partial charge is 0.340 e. The first kappa shape index (κ1) is 20.1. The van der Waals surface area contributed by atoms with Gasteiger partial charge in [0.1, 0.15) is 0 Å². The van der Waals surface area contributed by atoms with Crippen molar-refractivity contribution in [3.05, 3.63) is 57.0 Å². The van der Waals surface area contributed by atoms with E-state index in [1.54, 1.807) is 37.4 Å². The topological polar surface area (TPSA) is 73.9 Å². The van der Waals surface area contributed by atoms with Gasteiger partial charge in [0.2, 0.25) is 0 Å². The standard InChI is InChI=1S/C18H17BrClNO5/c1-24-15-6-3-11(7-16(15)25-2)9-21-17(22)10-26-18(23)13-8-12(19)4-5-14(13)20/h3-8H,9-10H2,1-2H3,(H,21,22). The molecule has 0 fully saturated rings. The maximum Gasteiger partial charge on any atom is 0.340 e. The van der Waals surface area contributed by atoms with Gasteiger partial charge in [-0.05, 0) is 35.9 Å². The minimum absolute atomic E-state index is 0.189. The molecule has 0 unspecified atom stereocenters. The summed E-state index contributed by atoms with van der Waals surface area (Å²) in [5, 5.41) is 2.92. The first-order chi connectivity index (χ1) is 12.4. The van der Waals surface area contributed by atoms with Crippen LogP contribution < -0.4 is 14.8 Å². The molecule has 2 rings (SSSR count). The van der Waals surface area contributed by atoms with E-state index in [9.17, 15) is 9.59 Å². The number of hydrogen-bond acceptors (Lipinski definition) is 5. The third-order valence-electron chi connectivity index (χ3n) is 3.42. The highest BCUT2D eigenvalue weighted by atomic mass is 79.9. The van der Waals surface area contributed by atoms with Gasteiger partial charge in [-0.15, -0.1) is 0 Å². The van der Waals surface area contributed by atoms with Crippen molar-refractivity contribution < 1.29 is 23.8 Å². The predicted molar refractivity (Wildman–Crippen MR) is 101 cm³/mol. The number of esters is 1. The van der Waals surface area contributed by atoms with E-state index in [2.05, 4.69) is 21.2 Å². The second kappa shape index (κ2) is 9.45. The number of carbonyl (C=O) groups excluding carboxylic acids is 2. The monoisotopic (exact) mass is 441 g/mol. The summed E-state index contributed by atoms with van der Waals surface area (Å²) in [6, 6.07) is 10.1. The second-order valence-corrected chi connectivity index (χ2v) is 6.49. The summed E-state index contributed by atoms with van der Waals surface area (Å²) in [5.41, 5.74) is 1.01. The second-order valence-electron chi connectivity index (χ2n) is 5.17. The van der Waals surface area contributed by atoms with E-state index < -0.39 is 18.5 Å². The van der Waals surface area contributed by atoms with E-state index in [0.717, 1.165) is 5.56 Å². The Bertz CT molecular complexity index is 812. The third-order valence-corrected chi connectivity index (χ3v) is 4.24. The van der Waals surface area contributed by atoms with Crippen molar-refractivity contribution in [3.8, 4) is 11.5 Å². The van der Waals surface area contributed by atoms with Crippen LogP contribution in [0.25, 0.3) is 0 Å². The van der Waals surface area contributed by atoms with Crippen molar-refractivity contribution in [1.82, 2.24) is 5.32 Å². The Morgan fingerprint density at radius 1 is 1.08 bits per heavy atom. The molecule has 0 spiro atoms. The summed E-state index contributed by atoms with van der Waals surface area (Å²) < 4.78 is 16.0. The molecule has 0 aliphatic rings. The van der Waals surface area contributed by atoms with Crippen LogP contribution in [0.4, 0.5) is 0 Å². The average Bonchev–Trinajstić information content (AvgIpc) is 2.65. The molecule has 26 heavy (non-hydrogen) atoms. The van der Waals surface area contributed by atoms with Crippen molar-refractivity contribution in [2.45, 2.75) is 6.54 Å². The van der Waals surface area contributed by atoms with Gasteiger partial charge in [-0.1, -0.05) is 33.6 Å². The van der Waals surface area contributed by atoms with E-state index in [1.807, 2.05) is 0 Å². The van der Waals surface area contributed by atoms with Crippen molar-refractivity contribution in [1.29, 1.82) is 0 Å². The summed E-state index contributed by atoms with van der Waals surface area (Å²) in [4.78, 5) is 23.9. The molecule has 8 heteroatoms. The van der Waals surface area contributed by atoms with Gasteiger partial charge in [0.15, 0.2) is 18.1 Å². The Morgan fingerprint density at radius 3 is 2.50 bits per heavy atom. The van der Waals surface area contributed by atoms with Crippen molar-refractivity contribution in [3.63, 3.8) is 0 Å². The highest BCUT2D eigenvalue weighted by Crippen LogP contribution is 2.27. The van der Waals surface area contributed by atoms with Crippen LogP contribution in [0.1, 0.15) is 15.9 Å². The van der Waals surface area contributed by atoms with Gasteiger partial charge >= 0.3 is 5.97 Å². The molecule has 1 N–H and O–H groups in total. The number of amides is 1. The number of methoxy groups -OCH3 is 2. The summed E-state index contributed by atoms with van der Waals surface area (Å²) in [7, 11) is 3.08. The molecule has 0 aromatic heterocycles. The zero-order valence-electron chi connectivity index (χ0n) is 14.2. The van der Waals surface area contributed by atoms with Crippen LogP contribution in [0, 0.1) is 0 Å². The minimum atomic E-state index is -0.669. The minimum Gasteiger partial charge on any atom is -0.493 e. The highest BCUT2D eigenvalue weighted by Gasteiger charge is 2.14. The van der Waals surface area contributed by atoms with Gasteiger partial charge in [-0.3, -0.25) is 4.79 Å². The summed E-state index contributed by atoms with van der Waals surface area (Å²) in [6.07, 6.45) is 0. The molecule has 0 aliphatic heterocycles. The molecule has 0 bridgehead atoms. The van der Waals surface area contributed by atoms with Crippen molar-refractivity contribution >= 4 is 39.4 Å². The Hall–Kier alpha value is -2.25. The summed E-state index contributed by atoms with van der Waals surface area (Å²) >= 11 is 9.21. The van der Waals surface area contributed by atoms with E-state index >= 15 is 0 Å². The molecular weight excluding hydrogens is 426 g/mol. The average molecular weight is 443 g/mol. The van der Waals surface area contributed by atoms with Gasteiger partial charge in [0, 0.05) is 11.0 Å². The van der Waals surface area contributed by atoms with E-state index in [0.29, 0.717) is 16.0 Å². The Balaban J connectivity index is 1.87. The number of rotatable bonds is 7. The van der Waals surface area contributed by atoms with Crippen LogP contribution in [0.5, 0.6) is 11.5 Å². The lowest BCUT2D eigenvalue weighted by atomic mass is 10.2. The summed E-state index contributed by atoms with van der Waals surface area (Å²) in [5.74, 6) is 0.0641. The number of halogens is 2. The maximum atomic E-state index is 12.0. The fraction of sp³-hybridized carbons (Fsp3) is 0.222. The molecule has 0 heterocycles. The van der Waals surface area contributed by atoms with E-state index in [1.165, 1.54) is 13.2 Å². The van der Waals surface area contributed by atoms with Crippen LogP contribution in [0.2, 0.25) is 5.02 Å². The van der Waals surface area contributed by atoms with Gasteiger partial charge in [0.25, 0.3) is 5.91 Å². The van der Waals surface area contributed by atoms with Gasteiger partial charge in [0.05, 0.1) is 24.8 Å². The van der Waals surface area contributed by atoms with Gasteiger partial charge < -0.3 is 19.5 Å². The van der Waals surface area contributed by atoms with Gasteiger partial charge in [-0.25, -0.2) is 4.79 Å². The molecule has 138 valence electrons. The van der Waals surface area contributed by atoms with Crippen molar-refractivity contribution in [2.75, 3.05) is 20.8 Å². The quantitative estimate of drug-likeness (QED) is 0.663. The lowest BCUT2D eigenvalue weighted by Crippen LogP contribution is -2.28. The summed E-state index contributed by atoms with van der Waals surface area (Å²) in [6.45, 7) is -0.149. The molecule has 2 aromatic carbocycles. The molecule has 0 aliphatic carbocycles. The molecule has 0 saturated heterocycles. The largest absolute Gasteiger partial charge is 0.493 e. The van der Waals surface area contributed by atoms with E-state index in [-0.39, 0.29) is 17.1 Å². The normalized spacial score (nSPS) is 10.2. The molecule has 0 atom stereocenters. The number of benzene rings is 2. The molecular formula is C18H17BrClNO5. The molecule has 1 amide bonds. The molecule has 0 radical (unpaired) electrons. The fourth-order valence-electron chi connectivity index (χ4n) is 2.11.